The summed E-state index contributed by atoms with van der Waals surface area (Å²) >= 11 is 0. The molecule has 1 aromatic rings. The zero-order valence-electron chi connectivity index (χ0n) is 12.0. The standard InChI is InChI=1S/C17H24O/c1-11-9-12(5-6-15(11)18)14-10-13-7-8-17(14,4)16(13,2)3/h5-6,9,13-14,18H,7-8,10H2,1-4H3. The number of rotatable bonds is 1. The van der Waals surface area contributed by atoms with Crippen molar-refractivity contribution in [1.82, 2.24) is 0 Å². The summed E-state index contributed by atoms with van der Waals surface area (Å²) in [5.74, 6) is 1.97. The second-order valence-corrected chi connectivity index (χ2v) is 7.21. The molecule has 3 rings (SSSR count). The van der Waals surface area contributed by atoms with Gasteiger partial charge in [-0.1, -0.05) is 32.9 Å². The Morgan fingerprint density at radius 1 is 1.22 bits per heavy atom. The van der Waals surface area contributed by atoms with Gasteiger partial charge in [-0.2, -0.15) is 0 Å². The van der Waals surface area contributed by atoms with Gasteiger partial charge in [0.2, 0.25) is 0 Å². The number of fused-ring (bicyclic) bond motifs is 2. The van der Waals surface area contributed by atoms with Crippen molar-refractivity contribution in [1.29, 1.82) is 0 Å². The molecule has 1 nitrogen and oxygen atoms in total. The molecule has 3 atom stereocenters. The summed E-state index contributed by atoms with van der Waals surface area (Å²) in [6, 6.07) is 6.20. The third-order valence-electron chi connectivity index (χ3n) is 6.42. The van der Waals surface area contributed by atoms with Crippen molar-refractivity contribution in [2.24, 2.45) is 16.7 Å². The van der Waals surface area contributed by atoms with Crippen molar-refractivity contribution in [2.75, 3.05) is 0 Å². The highest BCUT2D eigenvalue weighted by molar-refractivity contribution is 5.38. The molecule has 2 bridgehead atoms. The fourth-order valence-electron chi connectivity index (χ4n) is 4.60. The van der Waals surface area contributed by atoms with Gasteiger partial charge in [0.15, 0.2) is 0 Å². The first kappa shape index (κ1) is 12.1. The first-order chi connectivity index (χ1) is 8.36. The Hall–Kier alpha value is -0.980. The van der Waals surface area contributed by atoms with Crippen molar-refractivity contribution in [3.8, 4) is 5.75 Å². The fraction of sp³-hybridized carbons (Fsp3) is 0.647. The van der Waals surface area contributed by atoms with E-state index in [4.69, 9.17) is 0 Å². The zero-order chi connectivity index (χ0) is 13.1. The van der Waals surface area contributed by atoms with Crippen LogP contribution in [0.3, 0.4) is 0 Å². The fourth-order valence-corrected chi connectivity index (χ4v) is 4.60. The molecule has 2 aliphatic carbocycles. The summed E-state index contributed by atoms with van der Waals surface area (Å²) in [5, 5.41) is 9.69. The molecule has 0 radical (unpaired) electrons. The molecule has 0 saturated heterocycles. The van der Waals surface area contributed by atoms with Crippen LogP contribution in [0.25, 0.3) is 0 Å². The second-order valence-electron chi connectivity index (χ2n) is 7.21. The van der Waals surface area contributed by atoms with E-state index < -0.39 is 0 Å². The maximum absolute atomic E-state index is 9.69. The highest BCUT2D eigenvalue weighted by Gasteiger charge is 2.61. The van der Waals surface area contributed by atoms with Gasteiger partial charge < -0.3 is 5.11 Å². The van der Waals surface area contributed by atoms with Crippen molar-refractivity contribution < 1.29 is 5.11 Å². The smallest absolute Gasteiger partial charge is 0.118 e. The predicted octanol–water partition coefficient (Wildman–Crippen LogP) is 4.63. The molecule has 0 aromatic heterocycles. The van der Waals surface area contributed by atoms with Crippen LogP contribution in [0.5, 0.6) is 5.75 Å². The Morgan fingerprint density at radius 2 is 1.94 bits per heavy atom. The minimum Gasteiger partial charge on any atom is -0.508 e. The summed E-state index contributed by atoms with van der Waals surface area (Å²) in [7, 11) is 0. The lowest BCUT2D eigenvalue weighted by Crippen LogP contribution is -2.31. The van der Waals surface area contributed by atoms with Crippen LogP contribution in [-0.4, -0.2) is 5.11 Å². The quantitative estimate of drug-likeness (QED) is 0.763. The molecule has 2 fully saturated rings. The van der Waals surface area contributed by atoms with Crippen molar-refractivity contribution in [2.45, 2.75) is 52.9 Å². The van der Waals surface area contributed by atoms with Crippen molar-refractivity contribution in [3.05, 3.63) is 29.3 Å². The van der Waals surface area contributed by atoms with Gasteiger partial charge in [-0.25, -0.2) is 0 Å². The van der Waals surface area contributed by atoms with Crippen LogP contribution < -0.4 is 0 Å². The first-order valence-electron chi connectivity index (χ1n) is 7.16. The number of phenols is 1. The molecular weight excluding hydrogens is 220 g/mol. The minimum absolute atomic E-state index is 0.423. The molecule has 2 saturated carbocycles. The van der Waals surface area contributed by atoms with E-state index in [2.05, 4.69) is 32.9 Å². The van der Waals surface area contributed by atoms with Crippen molar-refractivity contribution >= 4 is 0 Å². The van der Waals surface area contributed by atoms with Gasteiger partial charge in [0, 0.05) is 0 Å². The van der Waals surface area contributed by atoms with E-state index in [0.29, 0.717) is 22.5 Å². The number of phenolic OH excluding ortho intramolecular Hbond substituents is 1. The van der Waals surface area contributed by atoms with Gasteiger partial charge >= 0.3 is 0 Å². The lowest BCUT2D eigenvalue weighted by molar-refractivity contribution is 0.134. The second kappa shape index (κ2) is 3.53. The van der Waals surface area contributed by atoms with Gasteiger partial charge in [0.05, 0.1) is 0 Å². The van der Waals surface area contributed by atoms with Crippen LogP contribution in [0.1, 0.15) is 57.1 Å². The monoisotopic (exact) mass is 244 g/mol. The zero-order valence-corrected chi connectivity index (χ0v) is 12.0. The lowest BCUT2D eigenvalue weighted by atomic mass is 9.65. The predicted molar refractivity (Wildman–Crippen MR) is 74.8 cm³/mol. The number of aromatic hydroxyl groups is 1. The summed E-state index contributed by atoms with van der Waals surface area (Å²) in [5.41, 5.74) is 3.34. The molecule has 1 aromatic carbocycles. The molecule has 1 heteroatoms. The molecule has 18 heavy (non-hydrogen) atoms. The Bertz CT molecular complexity index is 488. The van der Waals surface area contributed by atoms with Gasteiger partial charge in [0.1, 0.15) is 5.75 Å². The van der Waals surface area contributed by atoms with Gasteiger partial charge in [-0.15, -0.1) is 0 Å². The summed E-state index contributed by atoms with van der Waals surface area (Å²) in [6.07, 6.45) is 4.08. The molecule has 2 aliphatic rings. The van der Waals surface area contributed by atoms with Crippen LogP contribution in [0.4, 0.5) is 0 Å². The van der Waals surface area contributed by atoms with Gasteiger partial charge in [0.25, 0.3) is 0 Å². The Morgan fingerprint density at radius 3 is 2.44 bits per heavy atom. The molecule has 0 amide bonds. The number of aryl methyl sites for hydroxylation is 1. The maximum Gasteiger partial charge on any atom is 0.118 e. The Balaban J connectivity index is 2.02. The summed E-state index contributed by atoms with van der Waals surface area (Å²) < 4.78 is 0. The Kier molecular flexibility index (Phi) is 2.36. The molecule has 0 heterocycles. The van der Waals surface area contributed by atoms with E-state index in [-0.39, 0.29) is 0 Å². The number of benzene rings is 1. The van der Waals surface area contributed by atoms with Crippen molar-refractivity contribution in [3.63, 3.8) is 0 Å². The average Bonchev–Trinajstić information content (AvgIpc) is 2.65. The Labute approximate surface area is 110 Å². The minimum atomic E-state index is 0.423. The van der Waals surface area contributed by atoms with Gasteiger partial charge in [-0.05, 0) is 66.0 Å². The first-order valence-corrected chi connectivity index (χ1v) is 7.16. The summed E-state index contributed by atoms with van der Waals surface area (Å²) in [6.45, 7) is 9.39. The molecular formula is C17H24O. The van der Waals surface area contributed by atoms with Crippen LogP contribution >= 0.6 is 0 Å². The molecule has 0 spiro atoms. The van der Waals surface area contributed by atoms with E-state index >= 15 is 0 Å². The van der Waals surface area contributed by atoms with Gasteiger partial charge in [-0.3, -0.25) is 0 Å². The molecule has 0 aliphatic heterocycles. The lowest BCUT2D eigenvalue weighted by Gasteiger charge is -2.39. The molecule has 98 valence electrons. The van der Waals surface area contributed by atoms with E-state index in [1.165, 1.54) is 24.8 Å². The number of hydrogen-bond donors (Lipinski definition) is 1. The van der Waals surface area contributed by atoms with Crippen LogP contribution in [0.15, 0.2) is 18.2 Å². The van der Waals surface area contributed by atoms with Crippen LogP contribution in [-0.2, 0) is 0 Å². The van der Waals surface area contributed by atoms with Crippen LogP contribution in [0.2, 0.25) is 0 Å². The molecule has 3 unspecified atom stereocenters. The molecule has 1 N–H and O–H groups in total. The SMILES string of the molecule is Cc1cc(C2CC3CCC2(C)C3(C)C)ccc1O. The van der Waals surface area contributed by atoms with E-state index in [1.807, 2.05) is 13.0 Å². The van der Waals surface area contributed by atoms with E-state index in [9.17, 15) is 5.11 Å². The van der Waals surface area contributed by atoms with E-state index in [1.54, 1.807) is 0 Å². The summed E-state index contributed by atoms with van der Waals surface area (Å²) in [4.78, 5) is 0. The highest BCUT2D eigenvalue weighted by Crippen LogP contribution is 2.70. The van der Waals surface area contributed by atoms with E-state index in [0.717, 1.165) is 11.5 Å². The van der Waals surface area contributed by atoms with Crippen LogP contribution in [0, 0.1) is 23.7 Å². The average molecular weight is 244 g/mol. The largest absolute Gasteiger partial charge is 0.508 e. The normalized spacial score (nSPS) is 37.1. The topological polar surface area (TPSA) is 20.2 Å². The number of hydrogen-bond acceptors (Lipinski definition) is 1. The third-order valence-corrected chi connectivity index (χ3v) is 6.42. The highest BCUT2D eigenvalue weighted by atomic mass is 16.3. The third kappa shape index (κ3) is 1.34. The maximum atomic E-state index is 9.69.